The standard InChI is InChI=1S/C15H24/c1-9(2)11-7-8-15(4)12-6-5-10(3)14(15)13(11)12/h5,9,11-14H,6-8H2,1-4H3/t11?,12-,13?,14?,15+/m1/s1. The van der Waals surface area contributed by atoms with Crippen LogP contribution in [0.2, 0.25) is 0 Å². The van der Waals surface area contributed by atoms with Crippen molar-refractivity contribution in [3.8, 4) is 0 Å². The Bertz CT molecular complexity index is 312. The molecule has 4 rings (SSSR count). The summed E-state index contributed by atoms with van der Waals surface area (Å²) < 4.78 is 0. The summed E-state index contributed by atoms with van der Waals surface area (Å²) in [7, 11) is 0. The molecule has 2 fully saturated rings. The molecule has 0 amide bonds. The van der Waals surface area contributed by atoms with Crippen LogP contribution in [0.4, 0.5) is 0 Å². The molecule has 4 aliphatic carbocycles. The summed E-state index contributed by atoms with van der Waals surface area (Å²) in [6.07, 6.45) is 6.90. The average Bonchev–Trinajstić information content (AvgIpc) is 2.17. The van der Waals surface area contributed by atoms with Crippen LogP contribution in [0.25, 0.3) is 0 Å². The highest BCUT2D eigenvalue weighted by Crippen LogP contribution is 2.71. The molecule has 0 heterocycles. The molecule has 5 atom stereocenters. The van der Waals surface area contributed by atoms with E-state index >= 15 is 0 Å². The Kier molecular flexibility index (Phi) is 1.92. The van der Waals surface area contributed by atoms with E-state index in [1.165, 1.54) is 19.3 Å². The lowest BCUT2D eigenvalue weighted by atomic mass is 9.34. The van der Waals surface area contributed by atoms with Gasteiger partial charge in [0.25, 0.3) is 0 Å². The summed E-state index contributed by atoms with van der Waals surface area (Å²) in [5, 5.41) is 0. The molecule has 0 N–H and O–H groups in total. The van der Waals surface area contributed by atoms with Gasteiger partial charge in [0.15, 0.2) is 0 Å². The lowest BCUT2D eigenvalue weighted by Gasteiger charge is -2.70. The molecule has 2 saturated carbocycles. The van der Waals surface area contributed by atoms with E-state index in [2.05, 4.69) is 33.8 Å². The molecule has 4 bridgehead atoms. The molecule has 0 saturated heterocycles. The van der Waals surface area contributed by atoms with Gasteiger partial charge in [0.2, 0.25) is 0 Å². The molecule has 4 aliphatic rings. The zero-order valence-corrected chi connectivity index (χ0v) is 10.6. The minimum Gasteiger partial charge on any atom is -0.0850 e. The molecule has 0 heteroatoms. The van der Waals surface area contributed by atoms with Gasteiger partial charge >= 0.3 is 0 Å². The molecule has 0 aromatic rings. The van der Waals surface area contributed by atoms with Crippen LogP contribution in [0.1, 0.15) is 47.0 Å². The Morgan fingerprint density at radius 1 is 1.40 bits per heavy atom. The second-order valence-electron chi connectivity index (χ2n) is 6.80. The predicted molar refractivity (Wildman–Crippen MR) is 64.5 cm³/mol. The van der Waals surface area contributed by atoms with Crippen molar-refractivity contribution >= 4 is 0 Å². The molecule has 0 aliphatic heterocycles. The summed E-state index contributed by atoms with van der Waals surface area (Å²) in [5.41, 5.74) is 2.42. The van der Waals surface area contributed by atoms with Gasteiger partial charge in [-0.25, -0.2) is 0 Å². The maximum Gasteiger partial charge on any atom is -0.0115 e. The van der Waals surface area contributed by atoms with Gasteiger partial charge in [-0.05, 0) is 61.2 Å². The number of hydrogen-bond donors (Lipinski definition) is 0. The van der Waals surface area contributed by atoms with E-state index in [-0.39, 0.29) is 0 Å². The number of rotatable bonds is 1. The minimum atomic E-state index is 0.703. The minimum absolute atomic E-state index is 0.703. The summed E-state index contributed by atoms with van der Waals surface area (Å²) in [6.45, 7) is 9.81. The number of fused-ring (bicyclic) bond motifs is 1. The molecule has 0 spiro atoms. The lowest BCUT2D eigenvalue weighted by molar-refractivity contribution is -0.181. The van der Waals surface area contributed by atoms with E-state index in [9.17, 15) is 0 Å². The maximum absolute atomic E-state index is 2.56. The highest BCUT2D eigenvalue weighted by molar-refractivity contribution is 5.28. The molecule has 15 heavy (non-hydrogen) atoms. The molecule has 0 aromatic heterocycles. The quantitative estimate of drug-likeness (QED) is 0.559. The van der Waals surface area contributed by atoms with E-state index in [0.29, 0.717) is 5.41 Å². The van der Waals surface area contributed by atoms with Crippen LogP contribution in [-0.4, -0.2) is 0 Å². The number of hydrogen-bond acceptors (Lipinski definition) is 0. The van der Waals surface area contributed by atoms with Crippen LogP contribution in [0.3, 0.4) is 0 Å². The highest BCUT2D eigenvalue weighted by atomic mass is 14.7. The summed E-state index contributed by atoms with van der Waals surface area (Å²) in [5.74, 6) is 4.96. The average molecular weight is 204 g/mol. The molecule has 0 radical (unpaired) electrons. The van der Waals surface area contributed by atoms with Gasteiger partial charge in [-0.1, -0.05) is 32.4 Å². The molecular weight excluding hydrogens is 180 g/mol. The summed E-state index contributed by atoms with van der Waals surface area (Å²) in [6, 6.07) is 0. The van der Waals surface area contributed by atoms with Crippen molar-refractivity contribution in [1.29, 1.82) is 0 Å². The van der Waals surface area contributed by atoms with E-state index < -0.39 is 0 Å². The lowest BCUT2D eigenvalue weighted by Crippen LogP contribution is -2.63. The monoisotopic (exact) mass is 204 g/mol. The van der Waals surface area contributed by atoms with Crippen molar-refractivity contribution in [1.82, 2.24) is 0 Å². The van der Waals surface area contributed by atoms with Crippen molar-refractivity contribution < 1.29 is 0 Å². The Morgan fingerprint density at radius 2 is 2.13 bits per heavy atom. The van der Waals surface area contributed by atoms with E-state index in [4.69, 9.17) is 0 Å². The van der Waals surface area contributed by atoms with Gasteiger partial charge in [-0.3, -0.25) is 0 Å². The van der Waals surface area contributed by atoms with Gasteiger partial charge in [0.1, 0.15) is 0 Å². The SMILES string of the molecule is CC1=CC[C@@H]2C3C(C(C)C)CC[C@]2(C)C13. The smallest absolute Gasteiger partial charge is 0.0115 e. The molecule has 3 unspecified atom stereocenters. The third-order valence-electron chi connectivity index (χ3n) is 5.96. The highest BCUT2D eigenvalue weighted by Gasteiger charge is 2.64. The Labute approximate surface area is 94.1 Å². The molecule has 0 aromatic carbocycles. The van der Waals surface area contributed by atoms with Gasteiger partial charge in [-0.2, -0.15) is 0 Å². The van der Waals surface area contributed by atoms with E-state index in [1.54, 1.807) is 5.57 Å². The van der Waals surface area contributed by atoms with Gasteiger partial charge in [-0.15, -0.1) is 0 Å². The zero-order valence-electron chi connectivity index (χ0n) is 10.6. The maximum atomic E-state index is 2.56. The van der Waals surface area contributed by atoms with Crippen molar-refractivity contribution in [2.45, 2.75) is 47.0 Å². The fourth-order valence-corrected chi connectivity index (χ4v) is 5.25. The molecular formula is C15H24. The van der Waals surface area contributed by atoms with Crippen LogP contribution in [0, 0.1) is 35.0 Å². The Balaban J connectivity index is 1.95. The van der Waals surface area contributed by atoms with Crippen LogP contribution in [0.15, 0.2) is 11.6 Å². The van der Waals surface area contributed by atoms with Crippen molar-refractivity contribution in [3.05, 3.63) is 11.6 Å². The van der Waals surface area contributed by atoms with Crippen molar-refractivity contribution in [2.24, 2.45) is 35.0 Å². The summed E-state index contributed by atoms with van der Waals surface area (Å²) in [4.78, 5) is 0. The Morgan fingerprint density at radius 3 is 2.73 bits per heavy atom. The van der Waals surface area contributed by atoms with E-state index in [1.807, 2.05) is 0 Å². The van der Waals surface area contributed by atoms with Crippen molar-refractivity contribution in [2.75, 3.05) is 0 Å². The first kappa shape index (κ1) is 9.93. The first-order valence-corrected chi connectivity index (χ1v) is 6.72. The van der Waals surface area contributed by atoms with Gasteiger partial charge < -0.3 is 0 Å². The van der Waals surface area contributed by atoms with Crippen LogP contribution < -0.4 is 0 Å². The zero-order chi connectivity index (χ0) is 10.8. The third-order valence-corrected chi connectivity index (χ3v) is 5.96. The number of allylic oxidation sites excluding steroid dienone is 2. The second kappa shape index (κ2) is 2.90. The first-order chi connectivity index (χ1) is 7.05. The topological polar surface area (TPSA) is 0 Å². The predicted octanol–water partition coefficient (Wildman–Crippen LogP) is 4.27. The molecule has 84 valence electrons. The van der Waals surface area contributed by atoms with Crippen LogP contribution in [0.5, 0.6) is 0 Å². The second-order valence-corrected chi connectivity index (χ2v) is 6.80. The fraction of sp³-hybridized carbons (Fsp3) is 0.867. The normalized spacial score (nSPS) is 52.5. The van der Waals surface area contributed by atoms with Crippen LogP contribution >= 0.6 is 0 Å². The fourth-order valence-electron chi connectivity index (χ4n) is 5.25. The van der Waals surface area contributed by atoms with Crippen molar-refractivity contribution in [3.63, 3.8) is 0 Å². The van der Waals surface area contributed by atoms with Gasteiger partial charge in [0.05, 0.1) is 0 Å². The Hall–Kier alpha value is -0.260. The van der Waals surface area contributed by atoms with E-state index in [0.717, 1.165) is 29.6 Å². The van der Waals surface area contributed by atoms with Gasteiger partial charge in [0, 0.05) is 0 Å². The largest absolute Gasteiger partial charge is 0.0850 e. The third kappa shape index (κ3) is 1.04. The molecule has 0 nitrogen and oxygen atoms in total. The summed E-state index contributed by atoms with van der Waals surface area (Å²) >= 11 is 0. The first-order valence-electron chi connectivity index (χ1n) is 6.72. The van der Waals surface area contributed by atoms with Crippen LogP contribution in [-0.2, 0) is 0 Å².